The topological polar surface area (TPSA) is 142 Å². The van der Waals surface area contributed by atoms with Crippen molar-refractivity contribution in [3.8, 4) is 0 Å². The Balaban J connectivity index is 1.90. The molecule has 0 saturated heterocycles. The number of nitrogens with one attached hydrogen (secondary N) is 3. The van der Waals surface area contributed by atoms with Gasteiger partial charge in [0.2, 0.25) is 0 Å². The summed E-state index contributed by atoms with van der Waals surface area (Å²) in [6.45, 7) is 1.83. The fourth-order valence-electron chi connectivity index (χ4n) is 3.53. The largest absolute Gasteiger partial charge is 0.395 e. The number of benzene rings is 1. The van der Waals surface area contributed by atoms with Gasteiger partial charge in [0.15, 0.2) is 5.65 Å². The predicted octanol–water partition coefficient (Wildman–Crippen LogP) is 0.582. The highest BCUT2D eigenvalue weighted by Crippen LogP contribution is 2.34. The lowest BCUT2D eigenvalue weighted by molar-refractivity contribution is 0.0951. The molecule has 3 aromatic rings. The van der Waals surface area contributed by atoms with Crippen LogP contribution in [0.2, 0.25) is 0 Å². The molecule has 158 valence electrons. The molecule has 1 amide bonds. The number of fused-ring (bicyclic) bond motifs is 3. The second-order valence-electron chi connectivity index (χ2n) is 7.38. The molecule has 0 radical (unpaired) electrons. The lowest BCUT2D eigenvalue weighted by Gasteiger charge is -2.23. The number of hydrazine groups is 1. The van der Waals surface area contributed by atoms with Crippen molar-refractivity contribution in [3.63, 3.8) is 0 Å². The summed E-state index contributed by atoms with van der Waals surface area (Å²) in [7, 11) is 5.53. The van der Waals surface area contributed by atoms with Crippen LogP contribution in [-0.2, 0) is 6.54 Å². The molecule has 1 aliphatic heterocycles. The van der Waals surface area contributed by atoms with Crippen LogP contribution in [0.1, 0.15) is 15.9 Å². The van der Waals surface area contributed by atoms with Crippen LogP contribution in [0.4, 0.5) is 28.7 Å². The standard InChI is InChI=1S/C19H26N10O/c1-22-16-8-15-25-13-6-11(7-14(17(13)20)28(3)21)10-27(2)5-4-23-19(30)12-9-24-29(16)18(12)26-15/h6-9,22H,4-5,10,20-21H2,1-3H3,(H,23,30)(H,25,26). The summed E-state index contributed by atoms with van der Waals surface area (Å²) in [6.07, 6.45) is 1.52. The van der Waals surface area contributed by atoms with Crippen LogP contribution in [0.15, 0.2) is 24.4 Å². The lowest BCUT2D eigenvalue weighted by Crippen LogP contribution is -2.33. The second-order valence-corrected chi connectivity index (χ2v) is 7.38. The van der Waals surface area contributed by atoms with Crippen molar-refractivity contribution in [2.45, 2.75) is 6.54 Å². The zero-order valence-corrected chi connectivity index (χ0v) is 17.2. The number of nitrogens with zero attached hydrogens (tertiary/aromatic N) is 5. The van der Waals surface area contributed by atoms with Gasteiger partial charge in [0.05, 0.1) is 23.3 Å². The highest BCUT2D eigenvalue weighted by Gasteiger charge is 2.19. The number of hydrogen-bond donors (Lipinski definition) is 5. The zero-order valence-electron chi connectivity index (χ0n) is 17.2. The minimum absolute atomic E-state index is 0.216. The number of anilines is 5. The van der Waals surface area contributed by atoms with Crippen LogP contribution < -0.4 is 32.5 Å². The van der Waals surface area contributed by atoms with Gasteiger partial charge < -0.3 is 31.6 Å². The first kappa shape index (κ1) is 19.7. The van der Waals surface area contributed by atoms with Gasteiger partial charge >= 0.3 is 0 Å². The molecule has 11 heteroatoms. The van der Waals surface area contributed by atoms with Gasteiger partial charge in [-0.2, -0.15) is 9.61 Å². The SMILES string of the molecule is CNc1cc2nc3c(cnn13)C(=O)NCCN(C)Cc1cc(c(N)c(N(C)N)c1)N2. The number of nitrogens with two attached hydrogens (primary N) is 2. The van der Waals surface area contributed by atoms with Crippen molar-refractivity contribution in [3.05, 3.63) is 35.5 Å². The first-order chi connectivity index (χ1) is 14.4. The van der Waals surface area contributed by atoms with Crippen molar-refractivity contribution in [1.29, 1.82) is 0 Å². The quantitative estimate of drug-likeness (QED) is 0.233. The Hall–Kier alpha value is -3.57. The van der Waals surface area contributed by atoms with Crippen LogP contribution in [0.3, 0.4) is 0 Å². The van der Waals surface area contributed by atoms with E-state index in [2.05, 4.69) is 30.9 Å². The van der Waals surface area contributed by atoms with E-state index in [1.165, 1.54) is 11.2 Å². The normalized spacial score (nSPS) is 14.9. The molecule has 4 rings (SSSR count). The number of carbonyl (C=O) groups is 1. The molecule has 0 aliphatic carbocycles. The van der Waals surface area contributed by atoms with E-state index in [0.29, 0.717) is 59.5 Å². The molecule has 0 fully saturated rings. The highest BCUT2D eigenvalue weighted by atomic mass is 16.1. The molecule has 11 nitrogen and oxygen atoms in total. The summed E-state index contributed by atoms with van der Waals surface area (Å²) >= 11 is 0. The van der Waals surface area contributed by atoms with Gasteiger partial charge in [-0.3, -0.25) is 4.79 Å². The van der Waals surface area contributed by atoms with E-state index >= 15 is 0 Å². The molecule has 3 heterocycles. The summed E-state index contributed by atoms with van der Waals surface area (Å²) in [5.74, 6) is 7.01. The molecular formula is C19H26N10O. The fraction of sp³-hybridized carbons (Fsp3) is 0.316. The van der Waals surface area contributed by atoms with Gasteiger partial charge in [0.25, 0.3) is 5.91 Å². The molecular weight excluding hydrogens is 384 g/mol. The second kappa shape index (κ2) is 7.69. The molecule has 7 N–H and O–H groups in total. The Morgan fingerprint density at radius 3 is 2.83 bits per heavy atom. The van der Waals surface area contributed by atoms with Crippen molar-refractivity contribution >= 4 is 40.3 Å². The average molecular weight is 410 g/mol. The summed E-state index contributed by atoms with van der Waals surface area (Å²) in [6, 6.07) is 5.76. The Bertz CT molecular complexity index is 1110. The van der Waals surface area contributed by atoms with Gasteiger partial charge in [-0.15, -0.1) is 0 Å². The van der Waals surface area contributed by atoms with E-state index in [1.54, 1.807) is 24.7 Å². The molecule has 1 aromatic carbocycles. The van der Waals surface area contributed by atoms with E-state index in [4.69, 9.17) is 11.6 Å². The van der Waals surface area contributed by atoms with Crippen LogP contribution in [0.5, 0.6) is 0 Å². The lowest BCUT2D eigenvalue weighted by atomic mass is 10.1. The molecule has 1 aliphatic rings. The maximum absolute atomic E-state index is 12.7. The Morgan fingerprint density at radius 1 is 1.30 bits per heavy atom. The Morgan fingerprint density at radius 2 is 2.10 bits per heavy atom. The van der Waals surface area contributed by atoms with Crippen molar-refractivity contribution in [2.24, 2.45) is 5.84 Å². The Labute approximate surface area is 174 Å². The fourth-order valence-corrected chi connectivity index (χ4v) is 3.53. The Kier molecular flexibility index (Phi) is 5.06. The van der Waals surface area contributed by atoms with E-state index in [1.807, 2.05) is 19.2 Å². The van der Waals surface area contributed by atoms with Gasteiger partial charge in [-0.05, 0) is 24.7 Å². The van der Waals surface area contributed by atoms with Gasteiger partial charge in [0.1, 0.15) is 17.2 Å². The maximum atomic E-state index is 12.7. The molecule has 0 atom stereocenters. The van der Waals surface area contributed by atoms with E-state index in [0.717, 1.165) is 5.56 Å². The summed E-state index contributed by atoms with van der Waals surface area (Å²) in [5, 5.41) is 15.1. The number of aromatic nitrogens is 3. The monoisotopic (exact) mass is 410 g/mol. The van der Waals surface area contributed by atoms with Crippen molar-refractivity contribution in [2.75, 3.05) is 55.6 Å². The summed E-state index contributed by atoms with van der Waals surface area (Å²) < 4.78 is 1.59. The third-order valence-corrected chi connectivity index (χ3v) is 5.06. The third-order valence-electron chi connectivity index (χ3n) is 5.06. The number of amides is 1. The van der Waals surface area contributed by atoms with E-state index in [9.17, 15) is 4.79 Å². The predicted molar refractivity (Wildman–Crippen MR) is 118 cm³/mol. The number of carbonyl (C=O) groups excluding carboxylic acids is 1. The molecule has 0 unspecified atom stereocenters. The summed E-state index contributed by atoms with van der Waals surface area (Å²) in [4.78, 5) is 19.4. The van der Waals surface area contributed by atoms with Gasteiger partial charge in [0, 0.05) is 39.8 Å². The van der Waals surface area contributed by atoms with Crippen LogP contribution >= 0.6 is 0 Å². The molecule has 0 spiro atoms. The van der Waals surface area contributed by atoms with Crippen molar-refractivity contribution in [1.82, 2.24) is 24.8 Å². The zero-order chi connectivity index (χ0) is 21.4. The average Bonchev–Trinajstić information content (AvgIpc) is 3.12. The number of rotatable bonds is 2. The molecule has 0 saturated carbocycles. The van der Waals surface area contributed by atoms with Gasteiger partial charge in [-0.25, -0.2) is 10.8 Å². The minimum Gasteiger partial charge on any atom is -0.395 e. The smallest absolute Gasteiger partial charge is 0.256 e. The highest BCUT2D eigenvalue weighted by molar-refractivity contribution is 6.00. The number of nitrogen functional groups attached to an aromatic ring is 1. The first-order valence-corrected chi connectivity index (χ1v) is 9.58. The first-order valence-electron chi connectivity index (χ1n) is 9.58. The van der Waals surface area contributed by atoms with Gasteiger partial charge in [-0.1, -0.05) is 0 Å². The minimum atomic E-state index is -0.216. The molecule has 4 bridgehead atoms. The van der Waals surface area contributed by atoms with Crippen LogP contribution in [0, 0.1) is 0 Å². The van der Waals surface area contributed by atoms with Crippen LogP contribution in [0.25, 0.3) is 5.65 Å². The van der Waals surface area contributed by atoms with Crippen LogP contribution in [-0.4, -0.2) is 59.6 Å². The maximum Gasteiger partial charge on any atom is 0.256 e. The van der Waals surface area contributed by atoms with Crippen molar-refractivity contribution < 1.29 is 4.79 Å². The number of likely N-dealkylation sites (N-methyl/N-ethyl adjacent to an activating group) is 1. The van der Waals surface area contributed by atoms with E-state index < -0.39 is 0 Å². The van der Waals surface area contributed by atoms with E-state index in [-0.39, 0.29) is 5.91 Å². The third kappa shape index (κ3) is 3.55. The molecule has 30 heavy (non-hydrogen) atoms. The molecule has 2 aromatic heterocycles. The number of hydrogen-bond acceptors (Lipinski definition) is 9. The summed E-state index contributed by atoms with van der Waals surface area (Å²) in [5.41, 5.74) is 10.2.